The Hall–Kier alpha value is -2.66. The molecule has 0 radical (unpaired) electrons. The number of nitriles is 1. The molecule has 0 spiro atoms. The van der Waals surface area contributed by atoms with Gasteiger partial charge in [-0.05, 0) is 87.5 Å². The molecule has 1 aliphatic heterocycles. The van der Waals surface area contributed by atoms with Gasteiger partial charge in [-0.25, -0.2) is 9.18 Å². The Morgan fingerprint density at radius 2 is 2.03 bits per heavy atom. The molecule has 6 nitrogen and oxygen atoms in total. The molecule has 5 rings (SSSR count). The predicted molar refractivity (Wildman–Crippen MR) is 144 cm³/mol. The number of benzene rings is 2. The quantitative estimate of drug-likeness (QED) is 0.475. The number of anilines is 1. The van der Waals surface area contributed by atoms with Crippen LogP contribution in [0.15, 0.2) is 42.5 Å². The maximum Gasteiger partial charge on any atom is 0.322 e. The minimum Gasteiger partial charge on any atom is -0.321 e. The van der Waals surface area contributed by atoms with Crippen molar-refractivity contribution in [3.63, 3.8) is 0 Å². The van der Waals surface area contributed by atoms with Crippen LogP contribution in [0, 0.1) is 23.1 Å². The third-order valence-electron chi connectivity index (χ3n) is 8.60. The number of rotatable bonds is 8. The zero-order valence-electron chi connectivity index (χ0n) is 21.4. The predicted octanol–water partition coefficient (Wildman–Crippen LogP) is 5.33. The highest BCUT2D eigenvalue weighted by atomic mass is 35.5. The highest BCUT2D eigenvalue weighted by molar-refractivity contribution is 6.31. The van der Waals surface area contributed by atoms with E-state index >= 15 is 0 Å². The lowest BCUT2D eigenvalue weighted by molar-refractivity contribution is 0.147. The maximum absolute atomic E-state index is 13.7. The average molecular weight is 524 g/mol. The number of hydrogen-bond acceptors (Lipinski definition) is 4. The number of piperazine rings is 1. The summed E-state index contributed by atoms with van der Waals surface area (Å²) in [6.45, 7) is 6.14. The number of nitrogens with one attached hydrogen (secondary N) is 1. The Labute approximate surface area is 224 Å². The van der Waals surface area contributed by atoms with Crippen LogP contribution in [-0.2, 0) is 5.41 Å². The van der Waals surface area contributed by atoms with E-state index in [1.807, 2.05) is 23.1 Å². The molecular formula is C29H35ClFN5O. The van der Waals surface area contributed by atoms with E-state index in [1.54, 1.807) is 6.07 Å². The van der Waals surface area contributed by atoms with Crippen molar-refractivity contribution in [2.24, 2.45) is 5.92 Å². The van der Waals surface area contributed by atoms with Crippen LogP contribution in [0.25, 0.3) is 0 Å². The molecule has 1 heterocycles. The molecular weight excluding hydrogens is 489 g/mol. The normalized spacial score (nSPS) is 25.4. The zero-order valence-corrected chi connectivity index (χ0v) is 22.2. The van der Waals surface area contributed by atoms with Gasteiger partial charge in [0.2, 0.25) is 0 Å². The van der Waals surface area contributed by atoms with Gasteiger partial charge in [0, 0.05) is 49.9 Å². The minimum atomic E-state index is -0.501. The van der Waals surface area contributed by atoms with Gasteiger partial charge in [0.25, 0.3) is 0 Å². The second-order valence-electron chi connectivity index (χ2n) is 10.9. The van der Waals surface area contributed by atoms with Gasteiger partial charge >= 0.3 is 6.03 Å². The van der Waals surface area contributed by atoms with Crippen molar-refractivity contribution in [3.8, 4) is 6.07 Å². The first-order valence-electron chi connectivity index (χ1n) is 13.3. The molecule has 1 N–H and O–H groups in total. The molecule has 2 saturated carbocycles. The van der Waals surface area contributed by atoms with Gasteiger partial charge in [0.05, 0.1) is 16.7 Å². The number of unbranched alkanes of at least 4 members (excludes halogenated alkanes) is 1. The fourth-order valence-corrected chi connectivity index (χ4v) is 6.54. The van der Waals surface area contributed by atoms with Gasteiger partial charge in [-0.1, -0.05) is 23.7 Å². The lowest BCUT2D eigenvalue weighted by Gasteiger charge is -2.33. The van der Waals surface area contributed by atoms with Crippen molar-refractivity contribution in [2.75, 3.05) is 51.6 Å². The molecule has 3 aliphatic rings. The summed E-state index contributed by atoms with van der Waals surface area (Å²) in [5.41, 5.74) is 2.47. The SMILES string of the molecule is CN1CCN(CCCCN(C(=O)Nc2ccc(F)c(Cl)c2)[C@@H]2CC[C@]3(c4cccc(C#N)c4)C[C@H]23)CC1. The van der Waals surface area contributed by atoms with Crippen LogP contribution < -0.4 is 5.32 Å². The Kier molecular flexibility index (Phi) is 7.71. The summed E-state index contributed by atoms with van der Waals surface area (Å²) in [5.74, 6) is -0.111. The Morgan fingerprint density at radius 3 is 2.76 bits per heavy atom. The molecule has 2 aliphatic carbocycles. The molecule has 0 aromatic heterocycles. The van der Waals surface area contributed by atoms with E-state index in [9.17, 15) is 14.4 Å². The van der Waals surface area contributed by atoms with Crippen LogP contribution in [0.5, 0.6) is 0 Å². The summed E-state index contributed by atoms with van der Waals surface area (Å²) in [7, 11) is 2.16. The number of fused-ring (bicyclic) bond motifs is 1. The smallest absolute Gasteiger partial charge is 0.321 e. The summed E-state index contributed by atoms with van der Waals surface area (Å²) in [5, 5.41) is 12.3. The fraction of sp³-hybridized carbons (Fsp3) is 0.517. The maximum atomic E-state index is 13.7. The molecule has 3 fully saturated rings. The van der Waals surface area contributed by atoms with Crippen molar-refractivity contribution >= 4 is 23.3 Å². The van der Waals surface area contributed by atoms with E-state index in [4.69, 9.17) is 11.6 Å². The van der Waals surface area contributed by atoms with Gasteiger partial charge < -0.3 is 20.0 Å². The van der Waals surface area contributed by atoms with E-state index in [0.29, 0.717) is 23.7 Å². The van der Waals surface area contributed by atoms with E-state index in [1.165, 1.54) is 17.7 Å². The first-order valence-corrected chi connectivity index (χ1v) is 13.7. The number of halogens is 2. The van der Waals surface area contributed by atoms with Crippen molar-refractivity contribution in [3.05, 3.63) is 64.4 Å². The summed E-state index contributed by atoms with van der Waals surface area (Å²) >= 11 is 5.96. The molecule has 2 amide bonds. The minimum absolute atomic E-state index is 0.00372. The van der Waals surface area contributed by atoms with Crippen molar-refractivity contribution in [2.45, 2.75) is 43.6 Å². The van der Waals surface area contributed by atoms with E-state index < -0.39 is 5.82 Å². The third-order valence-corrected chi connectivity index (χ3v) is 8.89. The van der Waals surface area contributed by atoms with Crippen LogP contribution >= 0.6 is 11.6 Å². The van der Waals surface area contributed by atoms with Gasteiger partial charge in [-0.15, -0.1) is 0 Å². The van der Waals surface area contributed by atoms with Gasteiger partial charge in [0.15, 0.2) is 0 Å². The van der Waals surface area contributed by atoms with Gasteiger partial charge in [-0.2, -0.15) is 5.26 Å². The number of urea groups is 1. The Balaban J connectivity index is 1.26. The highest BCUT2D eigenvalue weighted by Crippen LogP contribution is 2.65. The van der Waals surface area contributed by atoms with Crippen molar-refractivity contribution in [1.82, 2.24) is 14.7 Å². The number of likely N-dealkylation sites (N-methyl/N-ethyl adjacent to an activating group) is 1. The molecule has 0 bridgehead atoms. The van der Waals surface area contributed by atoms with Crippen LogP contribution in [0.1, 0.15) is 43.2 Å². The fourth-order valence-electron chi connectivity index (χ4n) is 6.36. The van der Waals surface area contributed by atoms with E-state index in [2.05, 4.69) is 34.3 Å². The molecule has 37 heavy (non-hydrogen) atoms. The van der Waals surface area contributed by atoms with Gasteiger partial charge in [0.1, 0.15) is 5.82 Å². The first-order chi connectivity index (χ1) is 17.9. The average Bonchev–Trinajstić information content (AvgIpc) is 3.53. The standard InChI is InChI=1S/C29H35ClFN5O/c1-34-13-15-35(16-14-34)11-2-3-12-36(28(37)33-23-7-8-26(31)25(30)18-23)27-9-10-29(19-24(27)29)22-6-4-5-21(17-22)20-32/h4-8,17-18,24,27H,2-3,9-16,19H2,1H3,(H,33,37)/t24-,27-,29-/m1/s1. The number of nitrogens with zero attached hydrogens (tertiary/aromatic N) is 4. The van der Waals surface area contributed by atoms with Crippen LogP contribution in [0.4, 0.5) is 14.9 Å². The lowest BCUT2D eigenvalue weighted by atomic mass is 9.92. The Morgan fingerprint density at radius 1 is 1.22 bits per heavy atom. The first kappa shape index (κ1) is 26.0. The largest absolute Gasteiger partial charge is 0.322 e. The third kappa shape index (κ3) is 5.62. The summed E-state index contributed by atoms with van der Waals surface area (Å²) in [6, 6.07) is 14.5. The molecule has 8 heteroatoms. The van der Waals surface area contributed by atoms with Gasteiger partial charge in [-0.3, -0.25) is 0 Å². The summed E-state index contributed by atoms with van der Waals surface area (Å²) in [4.78, 5) is 20.4. The highest BCUT2D eigenvalue weighted by Gasteiger charge is 2.64. The lowest BCUT2D eigenvalue weighted by Crippen LogP contribution is -2.45. The van der Waals surface area contributed by atoms with E-state index in [0.717, 1.165) is 64.8 Å². The molecule has 0 unspecified atom stereocenters. The molecule has 196 valence electrons. The van der Waals surface area contributed by atoms with Crippen LogP contribution in [0.2, 0.25) is 5.02 Å². The zero-order chi connectivity index (χ0) is 26.0. The molecule has 1 saturated heterocycles. The molecule has 2 aromatic carbocycles. The van der Waals surface area contributed by atoms with Crippen LogP contribution in [-0.4, -0.2) is 73.1 Å². The Bertz CT molecular complexity index is 1180. The number of hydrogen-bond donors (Lipinski definition) is 1. The number of carbonyl (C=O) groups is 1. The summed E-state index contributed by atoms with van der Waals surface area (Å²) < 4.78 is 13.7. The number of carbonyl (C=O) groups excluding carboxylic acids is 1. The summed E-state index contributed by atoms with van der Waals surface area (Å²) in [6.07, 6.45) is 4.98. The van der Waals surface area contributed by atoms with Crippen molar-refractivity contribution in [1.29, 1.82) is 5.26 Å². The second-order valence-corrected chi connectivity index (χ2v) is 11.3. The van der Waals surface area contributed by atoms with E-state index in [-0.39, 0.29) is 22.5 Å². The van der Waals surface area contributed by atoms with Crippen LogP contribution in [0.3, 0.4) is 0 Å². The topological polar surface area (TPSA) is 62.6 Å². The molecule has 3 atom stereocenters. The monoisotopic (exact) mass is 523 g/mol. The van der Waals surface area contributed by atoms with Crippen molar-refractivity contribution < 1.29 is 9.18 Å². The molecule has 2 aromatic rings. The second kappa shape index (κ2) is 11.0. The number of amides is 2.